The van der Waals surface area contributed by atoms with Crippen LogP contribution in [0.25, 0.3) is 17.3 Å². The van der Waals surface area contributed by atoms with Crippen molar-refractivity contribution in [2.45, 2.75) is 26.8 Å². The summed E-state index contributed by atoms with van der Waals surface area (Å²) in [5.74, 6) is 1.43. The first-order valence-electron chi connectivity index (χ1n) is 9.42. The molecule has 0 saturated carbocycles. The summed E-state index contributed by atoms with van der Waals surface area (Å²) in [6.07, 6.45) is 3.87. The van der Waals surface area contributed by atoms with Crippen LogP contribution in [-0.4, -0.2) is 30.8 Å². The third-order valence-electron chi connectivity index (χ3n) is 4.59. The van der Waals surface area contributed by atoms with E-state index in [1.54, 1.807) is 23.0 Å². The van der Waals surface area contributed by atoms with Gasteiger partial charge in [0.25, 0.3) is 11.8 Å². The van der Waals surface area contributed by atoms with Crippen molar-refractivity contribution >= 4 is 17.5 Å². The first-order chi connectivity index (χ1) is 14.5. The van der Waals surface area contributed by atoms with Crippen molar-refractivity contribution in [1.82, 2.24) is 30.2 Å². The number of nitrogens with zero attached hydrogens (tertiary/aromatic N) is 5. The Morgan fingerprint density at radius 3 is 2.80 bits per heavy atom. The average Bonchev–Trinajstić information content (AvgIpc) is 3.39. The molecule has 0 aliphatic heterocycles. The molecule has 0 saturated heterocycles. The molecule has 0 aliphatic carbocycles. The number of pyridine rings is 1. The van der Waals surface area contributed by atoms with E-state index in [9.17, 15) is 4.79 Å². The summed E-state index contributed by atoms with van der Waals surface area (Å²) in [4.78, 5) is 21.3. The highest BCUT2D eigenvalue weighted by molar-refractivity contribution is 6.30. The molecule has 3 heterocycles. The zero-order valence-electron chi connectivity index (χ0n) is 16.5. The lowest BCUT2D eigenvalue weighted by atomic mass is 10.2. The molecule has 4 rings (SSSR count). The Labute approximate surface area is 177 Å². The summed E-state index contributed by atoms with van der Waals surface area (Å²) in [6, 6.07) is 11.0. The van der Waals surface area contributed by atoms with Crippen LogP contribution in [0.2, 0.25) is 5.02 Å². The highest BCUT2D eigenvalue weighted by atomic mass is 35.5. The molecule has 152 valence electrons. The van der Waals surface area contributed by atoms with Gasteiger partial charge >= 0.3 is 0 Å². The predicted molar refractivity (Wildman–Crippen MR) is 111 cm³/mol. The van der Waals surface area contributed by atoms with E-state index >= 15 is 0 Å². The fraction of sp³-hybridized carbons (Fsp3) is 0.190. The summed E-state index contributed by atoms with van der Waals surface area (Å²) < 4.78 is 6.85. The van der Waals surface area contributed by atoms with Gasteiger partial charge in [0.2, 0.25) is 0 Å². The summed E-state index contributed by atoms with van der Waals surface area (Å²) in [5, 5.41) is 11.7. The largest absolute Gasteiger partial charge is 0.348 e. The minimum Gasteiger partial charge on any atom is -0.348 e. The number of hydrogen-bond acceptors (Lipinski definition) is 6. The molecule has 0 unspecified atom stereocenters. The molecule has 1 amide bonds. The van der Waals surface area contributed by atoms with Gasteiger partial charge in [0.15, 0.2) is 11.6 Å². The van der Waals surface area contributed by atoms with Crippen molar-refractivity contribution < 1.29 is 9.32 Å². The molecule has 30 heavy (non-hydrogen) atoms. The molecule has 1 aromatic carbocycles. The standard InChI is InChI=1S/C21H19ClN6O2/c1-3-18-26-21(30-27-18)15-7-8-19(23-11-15)28-13(2)17(12-25-28)20(29)24-10-14-5-4-6-16(22)9-14/h4-9,11-12H,3,10H2,1-2H3,(H,24,29). The Hall–Kier alpha value is -3.52. The van der Waals surface area contributed by atoms with Gasteiger partial charge < -0.3 is 9.84 Å². The highest BCUT2D eigenvalue weighted by Gasteiger charge is 2.16. The van der Waals surface area contributed by atoms with E-state index in [1.807, 2.05) is 38.1 Å². The molecule has 9 heteroatoms. The number of benzene rings is 1. The minimum absolute atomic E-state index is 0.215. The van der Waals surface area contributed by atoms with Crippen LogP contribution < -0.4 is 5.32 Å². The van der Waals surface area contributed by atoms with Crippen LogP contribution in [0, 0.1) is 6.92 Å². The molecular weight excluding hydrogens is 404 g/mol. The third-order valence-corrected chi connectivity index (χ3v) is 4.83. The van der Waals surface area contributed by atoms with Gasteiger partial charge in [-0.25, -0.2) is 9.67 Å². The van der Waals surface area contributed by atoms with E-state index in [2.05, 4.69) is 25.5 Å². The van der Waals surface area contributed by atoms with Crippen LogP contribution >= 0.6 is 11.6 Å². The molecule has 1 N–H and O–H groups in total. The number of carbonyl (C=O) groups is 1. The maximum absolute atomic E-state index is 12.6. The number of nitrogens with one attached hydrogen (secondary N) is 1. The van der Waals surface area contributed by atoms with Crippen LogP contribution in [0.3, 0.4) is 0 Å². The van der Waals surface area contributed by atoms with Gasteiger partial charge in [-0.1, -0.05) is 35.8 Å². The summed E-state index contributed by atoms with van der Waals surface area (Å²) >= 11 is 5.99. The number of rotatable bonds is 6. The Morgan fingerprint density at radius 2 is 2.10 bits per heavy atom. The number of amides is 1. The van der Waals surface area contributed by atoms with Crippen molar-refractivity contribution in [2.24, 2.45) is 0 Å². The second kappa shape index (κ2) is 8.46. The van der Waals surface area contributed by atoms with Crippen molar-refractivity contribution in [3.63, 3.8) is 0 Å². The topological polar surface area (TPSA) is 98.7 Å². The van der Waals surface area contributed by atoms with Crippen molar-refractivity contribution in [1.29, 1.82) is 0 Å². The summed E-state index contributed by atoms with van der Waals surface area (Å²) in [6.45, 7) is 4.16. The van der Waals surface area contributed by atoms with E-state index in [4.69, 9.17) is 16.1 Å². The van der Waals surface area contributed by atoms with E-state index < -0.39 is 0 Å². The van der Waals surface area contributed by atoms with Crippen LogP contribution in [0.4, 0.5) is 0 Å². The van der Waals surface area contributed by atoms with E-state index in [-0.39, 0.29) is 5.91 Å². The smallest absolute Gasteiger partial charge is 0.259 e. The lowest BCUT2D eigenvalue weighted by Gasteiger charge is -2.07. The first-order valence-corrected chi connectivity index (χ1v) is 9.79. The fourth-order valence-corrected chi connectivity index (χ4v) is 3.15. The van der Waals surface area contributed by atoms with Gasteiger partial charge in [-0.05, 0) is 36.8 Å². The lowest BCUT2D eigenvalue weighted by Crippen LogP contribution is -2.23. The zero-order valence-corrected chi connectivity index (χ0v) is 17.2. The Morgan fingerprint density at radius 1 is 1.23 bits per heavy atom. The van der Waals surface area contributed by atoms with Crippen molar-refractivity contribution in [3.05, 3.63) is 76.5 Å². The normalized spacial score (nSPS) is 10.9. The number of aryl methyl sites for hydroxylation is 1. The molecule has 3 aromatic heterocycles. The maximum Gasteiger partial charge on any atom is 0.259 e. The van der Waals surface area contributed by atoms with Gasteiger partial charge in [0.05, 0.1) is 23.0 Å². The maximum atomic E-state index is 12.6. The SMILES string of the molecule is CCc1noc(-c2ccc(-n3ncc(C(=O)NCc4cccc(Cl)c4)c3C)nc2)n1. The highest BCUT2D eigenvalue weighted by Crippen LogP contribution is 2.19. The zero-order chi connectivity index (χ0) is 21.1. The summed E-state index contributed by atoms with van der Waals surface area (Å²) in [5.41, 5.74) is 2.80. The number of halogens is 1. The quantitative estimate of drug-likeness (QED) is 0.507. The van der Waals surface area contributed by atoms with E-state index in [1.165, 1.54) is 6.20 Å². The predicted octanol–water partition coefficient (Wildman–Crippen LogP) is 3.77. The van der Waals surface area contributed by atoms with Gasteiger partial charge in [-0.15, -0.1) is 0 Å². The molecule has 0 atom stereocenters. The Kier molecular flexibility index (Phi) is 5.58. The van der Waals surface area contributed by atoms with Crippen molar-refractivity contribution in [3.8, 4) is 17.3 Å². The molecule has 0 bridgehead atoms. The molecule has 8 nitrogen and oxygen atoms in total. The van der Waals surface area contributed by atoms with E-state index in [0.29, 0.717) is 46.8 Å². The fourth-order valence-electron chi connectivity index (χ4n) is 2.94. The van der Waals surface area contributed by atoms with Gasteiger partial charge in [0, 0.05) is 24.2 Å². The number of hydrogen-bond donors (Lipinski definition) is 1. The first kappa shape index (κ1) is 19.8. The number of aromatic nitrogens is 5. The van der Waals surface area contributed by atoms with Crippen LogP contribution in [-0.2, 0) is 13.0 Å². The van der Waals surface area contributed by atoms with Crippen LogP contribution in [0.1, 0.15) is 34.4 Å². The lowest BCUT2D eigenvalue weighted by molar-refractivity contribution is 0.0950. The van der Waals surface area contributed by atoms with E-state index in [0.717, 1.165) is 11.1 Å². The van der Waals surface area contributed by atoms with Crippen LogP contribution in [0.15, 0.2) is 53.3 Å². The van der Waals surface area contributed by atoms with Gasteiger partial charge in [0.1, 0.15) is 0 Å². The van der Waals surface area contributed by atoms with Gasteiger partial charge in [-0.2, -0.15) is 10.1 Å². The second-order valence-electron chi connectivity index (χ2n) is 6.64. The molecule has 0 radical (unpaired) electrons. The second-order valence-corrected chi connectivity index (χ2v) is 7.08. The molecule has 0 spiro atoms. The van der Waals surface area contributed by atoms with Crippen molar-refractivity contribution in [2.75, 3.05) is 0 Å². The number of carbonyl (C=O) groups excluding carboxylic acids is 1. The monoisotopic (exact) mass is 422 g/mol. The summed E-state index contributed by atoms with van der Waals surface area (Å²) in [7, 11) is 0. The Balaban J connectivity index is 1.49. The molecule has 4 aromatic rings. The average molecular weight is 423 g/mol. The van der Waals surface area contributed by atoms with Crippen LogP contribution in [0.5, 0.6) is 0 Å². The van der Waals surface area contributed by atoms with Gasteiger partial charge in [-0.3, -0.25) is 4.79 Å². The Bertz CT molecular complexity index is 1180. The third kappa shape index (κ3) is 4.08. The molecule has 0 fully saturated rings. The molecular formula is C21H19ClN6O2. The molecule has 0 aliphatic rings. The minimum atomic E-state index is -0.215.